The van der Waals surface area contributed by atoms with Crippen molar-refractivity contribution < 1.29 is 13.6 Å². The van der Waals surface area contributed by atoms with Crippen molar-refractivity contribution in [3.05, 3.63) is 41.9 Å². The number of anilines is 3. The molecule has 2 saturated heterocycles. The fourth-order valence-corrected chi connectivity index (χ4v) is 4.09. The Kier molecular flexibility index (Phi) is 6.56. The van der Waals surface area contributed by atoms with Gasteiger partial charge in [-0.05, 0) is 50.2 Å². The minimum absolute atomic E-state index is 0.228. The van der Waals surface area contributed by atoms with Crippen molar-refractivity contribution in [2.24, 2.45) is 4.99 Å². The van der Waals surface area contributed by atoms with Crippen LogP contribution in [0.15, 0.2) is 39.7 Å². The van der Waals surface area contributed by atoms with E-state index in [1.165, 1.54) is 0 Å². The zero-order chi connectivity index (χ0) is 21.8. The zero-order valence-corrected chi connectivity index (χ0v) is 18.2. The third kappa shape index (κ3) is 5.07. The van der Waals surface area contributed by atoms with E-state index in [0.717, 1.165) is 37.6 Å². The first-order valence-electron chi connectivity index (χ1n) is 10.8. The molecule has 2 fully saturated rings. The molecule has 2 aromatic rings. The van der Waals surface area contributed by atoms with Crippen LogP contribution in [-0.4, -0.2) is 76.6 Å². The third-order valence-electron chi connectivity index (χ3n) is 5.97. The Balaban J connectivity index is 1.58. The molecule has 3 heterocycles. The Morgan fingerprint density at radius 1 is 1.10 bits per heavy atom. The second-order valence-electron chi connectivity index (χ2n) is 8.20. The van der Waals surface area contributed by atoms with Crippen LogP contribution in [0.25, 0.3) is 0 Å². The molecule has 4 rings (SSSR count). The third-order valence-corrected chi connectivity index (χ3v) is 5.97. The summed E-state index contributed by atoms with van der Waals surface area (Å²) in [5.74, 6) is 0.444. The Bertz CT molecular complexity index is 928. The van der Waals surface area contributed by atoms with Gasteiger partial charge in [-0.3, -0.25) is 9.79 Å². The first-order valence-corrected chi connectivity index (χ1v) is 10.8. The molecule has 2 aliphatic heterocycles. The maximum absolute atomic E-state index is 13.7. The van der Waals surface area contributed by atoms with Crippen molar-refractivity contribution >= 4 is 29.2 Å². The lowest BCUT2D eigenvalue weighted by molar-refractivity contribution is 0.0996. The standard InChI is InChI=1S/C23H30FN5O2/c1-25-16-19-4-6-22(31-19)23(30)26-20-5-3-18(28-13-11-27(2)12-14-28)15-21(20)29-9-7-17(24)8-10-29/h3-6,15-17H,7-14H2,1-2H3,(H,26,30). The molecular formula is C23H30FN5O2. The molecule has 1 N–H and O–H groups in total. The number of amides is 1. The lowest BCUT2D eigenvalue weighted by Crippen LogP contribution is -2.44. The van der Waals surface area contributed by atoms with Crippen LogP contribution in [0.2, 0.25) is 0 Å². The molecule has 2 aliphatic rings. The van der Waals surface area contributed by atoms with E-state index in [-0.39, 0.29) is 11.7 Å². The number of furan rings is 1. The fourth-order valence-electron chi connectivity index (χ4n) is 4.09. The number of nitrogens with zero attached hydrogens (tertiary/aromatic N) is 4. The smallest absolute Gasteiger partial charge is 0.291 e. The Labute approximate surface area is 182 Å². The van der Waals surface area contributed by atoms with E-state index in [2.05, 4.69) is 38.1 Å². The van der Waals surface area contributed by atoms with Crippen LogP contribution >= 0.6 is 0 Å². The molecule has 0 radical (unpaired) electrons. The molecule has 0 atom stereocenters. The van der Waals surface area contributed by atoms with Gasteiger partial charge in [-0.1, -0.05) is 0 Å². The Morgan fingerprint density at radius 2 is 1.84 bits per heavy atom. The summed E-state index contributed by atoms with van der Waals surface area (Å²) < 4.78 is 19.3. The minimum Gasteiger partial charge on any atom is -0.450 e. The zero-order valence-electron chi connectivity index (χ0n) is 18.2. The quantitative estimate of drug-likeness (QED) is 0.742. The first kappa shape index (κ1) is 21.4. The topological polar surface area (TPSA) is 64.3 Å². The van der Waals surface area contributed by atoms with E-state index in [0.29, 0.717) is 37.4 Å². The van der Waals surface area contributed by atoms with Gasteiger partial charge in [-0.15, -0.1) is 0 Å². The van der Waals surface area contributed by atoms with Crippen LogP contribution in [0.1, 0.15) is 29.2 Å². The van der Waals surface area contributed by atoms with E-state index in [1.807, 2.05) is 12.1 Å². The number of aliphatic imine (C=N–C) groups is 1. The highest BCUT2D eigenvalue weighted by molar-refractivity contribution is 6.04. The SMILES string of the molecule is CN=Cc1ccc(C(=O)Nc2ccc(N3CCN(C)CC3)cc2N2CCC(F)CC2)o1. The predicted molar refractivity (Wildman–Crippen MR) is 123 cm³/mol. The Morgan fingerprint density at radius 3 is 2.55 bits per heavy atom. The number of rotatable bonds is 5. The number of nitrogens with one attached hydrogen (secondary N) is 1. The largest absolute Gasteiger partial charge is 0.450 e. The number of halogens is 1. The number of piperidine rings is 1. The van der Waals surface area contributed by atoms with Gasteiger partial charge in [-0.2, -0.15) is 0 Å². The summed E-state index contributed by atoms with van der Waals surface area (Å²) in [5, 5.41) is 2.99. The summed E-state index contributed by atoms with van der Waals surface area (Å²) in [6, 6.07) is 9.46. The van der Waals surface area contributed by atoms with Crippen LogP contribution in [0.4, 0.5) is 21.5 Å². The molecule has 166 valence electrons. The van der Waals surface area contributed by atoms with Crippen LogP contribution in [0.3, 0.4) is 0 Å². The van der Waals surface area contributed by atoms with E-state index >= 15 is 0 Å². The van der Waals surface area contributed by atoms with Gasteiger partial charge in [-0.25, -0.2) is 4.39 Å². The summed E-state index contributed by atoms with van der Waals surface area (Å²) in [6.07, 6.45) is 1.82. The first-order chi connectivity index (χ1) is 15.0. The molecule has 1 amide bonds. The number of carbonyl (C=O) groups is 1. The van der Waals surface area contributed by atoms with Gasteiger partial charge >= 0.3 is 0 Å². The highest BCUT2D eigenvalue weighted by Crippen LogP contribution is 2.34. The van der Waals surface area contributed by atoms with Gasteiger partial charge in [0.25, 0.3) is 5.91 Å². The van der Waals surface area contributed by atoms with Gasteiger partial charge in [0.2, 0.25) is 0 Å². The van der Waals surface area contributed by atoms with Crippen LogP contribution < -0.4 is 15.1 Å². The number of piperazine rings is 1. The van der Waals surface area contributed by atoms with Crippen LogP contribution in [0.5, 0.6) is 0 Å². The number of hydrogen-bond acceptors (Lipinski definition) is 6. The van der Waals surface area contributed by atoms with Gasteiger partial charge in [0, 0.05) is 52.0 Å². The lowest BCUT2D eigenvalue weighted by Gasteiger charge is -2.36. The van der Waals surface area contributed by atoms with Crippen LogP contribution in [-0.2, 0) is 0 Å². The predicted octanol–water partition coefficient (Wildman–Crippen LogP) is 3.27. The summed E-state index contributed by atoms with van der Waals surface area (Å²) in [4.78, 5) is 23.6. The highest BCUT2D eigenvalue weighted by Gasteiger charge is 2.24. The molecule has 1 aromatic heterocycles. The van der Waals surface area contributed by atoms with E-state index in [1.54, 1.807) is 25.4 Å². The van der Waals surface area contributed by atoms with Gasteiger partial charge < -0.3 is 24.4 Å². The number of carbonyl (C=O) groups excluding carboxylic acids is 1. The van der Waals surface area contributed by atoms with Gasteiger partial charge in [0.05, 0.1) is 17.6 Å². The molecule has 0 saturated carbocycles. The highest BCUT2D eigenvalue weighted by atomic mass is 19.1. The molecular weight excluding hydrogens is 397 g/mol. The lowest BCUT2D eigenvalue weighted by atomic mass is 10.1. The second kappa shape index (κ2) is 9.51. The normalized spacial score (nSPS) is 18.7. The number of alkyl halides is 1. The number of hydrogen-bond donors (Lipinski definition) is 1. The molecule has 8 heteroatoms. The average Bonchev–Trinajstić information content (AvgIpc) is 3.24. The summed E-state index contributed by atoms with van der Waals surface area (Å²) in [6.45, 7) is 5.22. The monoisotopic (exact) mass is 427 g/mol. The van der Waals surface area contributed by atoms with Gasteiger partial charge in [0.15, 0.2) is 5.76 Å². The summed E-state index contributed by atoms with van der Waals surface area (Å²) in [5.41, 5.74) is 2.77. The molecule has 0 unspecified atom stereocenters. The van der Waals surface area contributed by atoms with Crippen molar-refractivity contribution in [3.8, 4) is 0 Å². The maximum atomic E-state index is 13.7. The van der Waals surface area contributed by atoms with Crippen molar-refractivity contribution in [1.29, 1.82) is 0 Å². The maximum Gasteiger partial charge on any atom is 0.291 e. The number of likely N-dealkylation sites (N-methyl/N-ethyl adjacent to an activating group) is 1. The van der Waals surface area contributed by atoms with Crippen molar-refractivity contribution in [1.82, 2.24) is 4.90 Å². The average molecular weight is 428 g/mol. The number of benzene rings is 1. The van der Waals surface area contributed by atoms with Crippen molar-refractivity contribution in [2.75, 3.05) is 68.5 Å². The van der Waals surface area contributed by atoms with Crippen molar-refractivity contribution in [3.63, 3.8) is 0 Å². The molecule has 0 aliphatic carbocycles. The summed E-state index contributed by atoms with van der Waals surface area (Å²) >= 11 is 0. The van der Waals surface area contributed by atoms with E-state index in [9.17, 15) is 9.18 Å². The van der Waals surface area contributed by atoms with E-state index < -0.39 is 6.17 Å². The molecule has 31 heavy (non-hydrogen) atoms. The molecule has 0 bridgehead atoms. The molecule has 1 aromatic carbocycles. The Hall–Kier alpha value is -2.87. The minimum atomic E-state index is -0.753. The fraction of sp³-hybridized carbons (Fsp3) is 0.478. The summed E-state index contributed by atoms with van der Waals surface area (Å²) in [7, 11) is 3.78. The van der Waals surface area contributed by atoms with Crippen LogP contribution in [0, 0.1) is 0 Å². The van der Waals surface area contributed by atoms with Gasteiger partial charge in [0.1, 0.15) is 11.9 Å². The molecule has 7 nitrogen and oxygen atoms in total. The van der Waals surface area contributed by atoms with Crippen molar-refractivity contribution in [2.45, 2.75) is 19.0 Å². The van der Waals surface area contributed by atoms with E-state index in [4.69, 9.17) is 4.42 Å². The molecule has 0 spiro atoms. The second-order valence-corrected chi connectivity index (χ2v) is 8.20.